The van der Waals surface area contributed by atoms with E-state index in [4.69, 9.17) is 3.32 Å². The van der Waals surface area contributed by atoms with Crippen molar-refractivity contribution in [1.29, 1.82) is 0 Å². The van der Waals surface area contributed by atoms with Crippen LogP contribution in [0, 0.1) is 0 Å². The number of hydrogen-bond donors (Lipinski definition) is 0. The van der Waals surface area contributed by atoms with Crippen LogP contribution in [0.3, 0.4) is 0 Å². The van der Waals surface area contributed by atoms with E-state index < -0.39 is 16.9 Å². The molecule has 13 heavy (non-hydrogen) atoms. The van der Waals surface area contributed by atoms with Gasteiger partial charge in [0, 0.05) is 0 Å². The van der Waals surface area contributed by atoms with Gasteiger partial charge in [0.1, 0.15) is 0 Å². The van der Waals surface area contributed by atoms with Gasteiger partial charge in [-0.05, 0) is 0 Å². The van der Waals surface area contributed by atoms with Gasteiger partial charge in [0.05, 0.1) is 0 Å². The predicted octanol–water partition coefficient (Wildman–Crippen LogP) is 3.87. The second-order valence-corrected chi connectivity index (χ2v) is 11.4. The fourth-order valence-corrected chi connectivity index (χ4v) is 5.69. The van der Waals surface area contributed by atoms with Gasteiger partial charge in [0.15, 0.2) is 0 Å². The van der Waals surface area contributed by atoms with Crippen LogP contribution in [-0.2, 0) is 23.6 Å². The average molecular weight is 223 g/mol. The molecule has 0 unspecified atom stereocenters. The summed E-state index contributed by atoms with van der Waals surface area (Å²) < 4.78 is 18.6. The first-order valence-electron chi connectivity index (χ1n) is 5.00. The van der Waals surface area contributed by atoms with E-state index in [2.05, 4.69) is 0 Å². The molecule has 0 bridgehead atoms. The molecule has 0 rings (SSSR count). The Bertz CT molecular complexity index is 189. The van der Waals surface area contributed by atoms with E-state index >= 15 is 0 Å². The van der Waals surface area contributed by atoms with Gasteiger partial charge in [0.25, 0.3) is 0 Å². The average Bonchev–Trinajstić information content (AvgIpc) is 1.82. The van der Waals surface area contributed by atoms with Gasteiger partial charge in [-0.25, -0.2) is 0 Å². The second-order valence-electron chi connectivity index (χ2n) is 5.25. The molecule has 2 nitrogen and oxygen atoms in total. The molecule has 0 aromatic heterocycles. The van der Waals surface area contributed by atoms with Crippen molar-refractivity contribution < 1.29 is 23.6 Å². The monoisotopic (exact) mass is 223 g/mol. The summed E-state index contributed by atoms with van der Waals surface area (Å²) in [5.74, 6) is 0. The van der Waals surface area contributed by atoms with Gasteiger partial charge in [-0.15, -0.1) is 0 Å². The molecule has 0 saturated heterocycles. The van der Waals surface area contributed by atoms with Gasteiger partial charge in [-0.3, -0.25) is 0 Å². The Kier molecular flexibility index (Phi) is 4.49. The third kappa shape index (κ3) is 4.01. The van der Waals surface area contributed by atoms with Crippen molar-refractivity contribution in [3.8, 4) is 0 Å². The zero-order valence-corrected chi connectivity index (χ0v) is 11.5. The summed E-state index contributed by atoms with van der Waals surface area (Å²) in [4.78, 5) is 0. The van der Waals surface area contributed by atoms with Gasteiger partial charge < -0.3 is 0 Å². The van der Waals surface area contributed by atoms with Crippen molar-refractivity contribution in [3.05, 3.63) is 0 Å². The molecule has 3 heteroatoms. The first-order valence-corrected chi connectivity index (χ1v) is 8.08. The molecule has 0 aromatic carbocycles. The number of hydrogen-bond acceptors (Lipinski definition) is 2. The van der Waals surface area contributed by atoms with E-state index in [1.165, 1.54) is 0 Å². The summed E-state index contributed by atoms with van der Waals surface area (Å²) in [6.07, 6.45) is 0. The standard InChI is InChI=1S/C4H9O.2C3H7.O.Ti/c1-4(2,3)5;2*1-3-2;;/h1-3H3;2*3H,1-2H3;;/q-1;;;;+1. The van der Waals surface area contributed by atoms with Gasteiger partial charge in [-0.2, -0.15) is 0 Å². The molecule has 0 atom stereocenters. The normalized spacial score (nSPS) is 14.2. The van der Waals surface area contributed by atoms with Crippen molar-refractivity contribution in [3.63, 3.8) is 0 Å². The van der Waals surface area contributed by atoms with Crippen LogP contribution in [0.1, 0.15) is 48.5 Å². The summed E-state index contributed by atoms with van der Waals surface area (Å²) in [7, 11) is 0. The van der Waals surface area contributed by atoms with Crippen molar-refractivity contribution in [2.75, 3.05) is 0 Å². The van der Waals surface area contributed by atoms with Crippen LogP contribution in [0.5, 0.6) is 0 Å². The third-order valence-corrected chi connectivity index (χ3v) is 8.56. The first-order chi connectivity index (χ1) is 5.59. The van der Waals surface area contributed by atoms with E-state index in [0.717, 1.165) is 0 Å². The molecule has 0 aromatic rings. The topological polar surface area (TPSA) is 26.3 Å². The molecule has 0 heterocycles. The Morgan fingerprint density at radius 1 is 1.00 bits per heavy atom. The van der Waals surface area contributed by atoms with Crippen molar-refractivity contribution in [1.82, 2.24) is 0 Å². The van der Waals surface area contributed by atoms with Crippen LogP contribution >= 0.6 is 0 Å². The zero-order chi connectivity index (χ0) is 10.9. The SMILES string of the molecule is C[CH](C)[Ti](=[O])([O]C(C)(C)C)[CH](C)C. The minimum absolute atomic E-state index is 0.180. The Balaban J connectivity index is 4.74. The molecule has 0 aliphatic rings. The molecule has 0 amide bonds. The Labute approximate surface area is 86.2 Å². The zero-order valence-electron chi connectivity index (χ0n) is 9.97. The van der Waals surface area contributed by atoms with Crippen molar-refractivity contribution >= 4 is 0 Å². The maximum absolute atomic E-state index is 12.5. The van der Waals surface area contributed by atoms with Gasteiger partial charge >= 0.3 is 86.1 Å². The molecule has 0 aliphatic carbocycles. The molecule has 0 fully saturated rings. The summed E-state index contributed by atoms with van der Waals surface area (Å²) in [6.45, 7) is 13.9. The van der Waals surface area contributed by atoms with E-state index in [0.29, 0.717) is 0 Å². The Morgan fingerprint density at radius 2 is 1.31 bits per heavy atom. The summed E-state index contributed by atoms with van der Waals surface area (Å²) in [5, 5.41) is 0. The fourth-order valence-electron chi connectivity index (χ4n) is 1.38. The molecule has 0 aliphatic heterocycles. The van der Waals surface area contributed by atoms with Gasteiger partial charge in [0.2, 0.25) is 0 Å². The number of rotatable bonds is 3. The van der Waals surface area contributed by atoms with Crippen LogP contribution in [0.15, 0.2) is 0 Å². The van der Waals surface area contributed by atoms with E-state index in [1.54, 1.807) is 0 Å². The van der Waals surface area contributed by atoms with Crippen LogP contribution in [-0.4, -0.2) is 5.60 Å². The van der Waals surface area contributed by atoms with Crippen LogP contribution < -0.4 is 0 Å². The molecule has 0 saturated carbocycles. The van der Waals surface area contributed by atoms with Crippen molar-refractivity contribution in [2.24, 2.45) is 0 Å². The van der Waals surface area contributed by atoms with Crippen LogP contribution in [0.25, 0.3) is 0 Å². The van der Waals surface area contributed by atoms with Crippen molar-refractivity contribution in [2.45, 2.75) is 62.5 Å². The maximum atomic E-state index is 12.5. The molecule has 0 N–H and O–H groups in total. The fraction of sp³-hybridized carbons (Fsp3) is 1.00. The Hall–Kier alpha value is 0.474. The molecule has 79 valence electrons. The third-order valence-electron chi connectivity index (χ3n) is 2.08. The van der Waals surface area contributed by atoms with Crippen LogP contribution in [0.2, 0.25) is 8.45 Å². The predicted molar refractivity (Wildman–Crippen MR) is 51.7 cm³/mol. The van der Waals surface area contributed by atoms with E-state index in [1.807, 2.05) is 48.5 Å². The molecular formula is C10H23O2Ti. The van der Waals surface area contributed by atoms with Crippen LogP contribution in [0.4, 0.5) is 0 Å². The van der Waals surface area contributed by atoms with Gasteiger partial charge in [-0.1, -0.05) is 0 Å². The summed E-state index contributed by atoms with van der Waals surface area (Å²) >= 11 is -3.32. The molecular weight excluding hydrogens is 200 g/mol. The second kappa shape index (κ2) is 4.33. The summed E-state index contributed by atoms with van der Waals surface area (Å²) in [6, 6.07) is 0. The molecule has 0 spiro atoms. The van der Waals surface area contributed by atoms with E-state index in [-0.39, 0.29) is 14.0 Å². The quantitative estimate of drug-likeness (QED) is 0.679. The first kappa shape index (κ1) is 13.5. The summed E-state index contributed by atoms with van der Waals surface area (Å²) in [5.41, 5.74) is -0.281. The minimum atomic E-state index is -3.32. The Morgan fingerprint density at radius 3 is 1.38 bits per heavy atom. The molecule has 0 radical (unpaired) electrons. The van der Waals surface area contributed by atoms with E-state index in [9.17, 15) is 3.32 Å².